The highest BCUT2D eigenvalue weighted by molar-refractivity contribution is 6.31. The normalized spacial score (nSPS) is 15.1. The number of methoxy groups -OCH3 is 1. The first-order chi connectivity index (χ1) is 15.7. The van der Waals surface area contributed by atoms with Crippen molar-refractivity contribution in [3.05, 3.63) is 68.2 Å². The number of halogens is 1. The maximum Gasteiger partial charge on any atom is 0.410 e. The maximum absolute atomic E-state index is 12.6. The van der Waals surface area contributed by atoms with E-state index in [0.717, 1.165) is 5.56 Å². The molecule has 0 N–H and O–H groups in total. The summed E-state index contributed by atoms with van der Waals surface area (Å²) in [7, 11) is 1.27. The van der Waals surface area contributed by atoms with Gasteiger partial charge >= 0.3 is 12.1 Å². The molecule has 9 nitrogen and oxygen atoms in total. The maximum atomic E-state index is 12.6. The molecular weight excluding hydrogens is 452 g/mol. The summed E-state index contributed by atoms with van der Waals surface area (Å²) >= 11 is 6.14. The number of benzene rings is 2. The zero-order chi connectivity index (χ0) is 24.1. The van der Waals surface area contributed by atoms with Crippen LogP contribution in [0, 0.1) is 16.0 Å². The molecule has 176 valence electrons. The predicted molar refractivity (Wildman–Crippen MR) is 120 cm³/mol. The van der Waals surface area contributed by atoms with Crippen molar-refractivity contribution in [2.45, 2.75) is 32.9 Å². The second-order valence-corrected chi connectivity index (χ2v) is 8.43. The number of nitro groups is 1. The summed E-state index contributed by atoms with van der Waals surface area (Å²) < 4.78 is 16.1. The monoisotopic (exact) mass is 476 g/mol. The van der Waals surface area contributed by atoms with Crippen LogP contribution in [-0.2, 0) is 27.3 Å². The van der Waals surface area contributed by atoms with Crippen molar-refractivity contribution in [3.63, 3.8) is 0 Å². The molecule has 0 aromatic heterocycles. The highest BCUT2D eigenvalue weighted by Gasteiger charge is 2.38. The smallest absolute Gasteiger partial charge is 0.410 e. The van der Waals surface area contributed by atoms with Crippen LogP contribution in [0.5, 0.6) is 5.75 Å². The molecule has 10 heteroatoms. The van der Waals surface area contributed by atoms with E-state index < -0.39 is 23.0 Å². The largest absolute Gasteiger partial charge is 0.489 e. The van der Waals surface area contributed by atoms with Crippen LogP contribution in [-0.4, -0.2) is 42.1 Å². The van der Waals surface area contributed by atoms with Gasteiger partial charge in [0.15, 0.2) is 6.04 Å². The Labute approximate surface area is 196 Å². The lowest BCUT2D eigenvalue weighted by molar-refractivity contribution is -0.384. The number of carbonyl (C=O) groups excluding carboxylic acids is 2. The van der Waals surface area contributed by atoms with Gasteiger partial charge in [-0.3, -0.25) is 15.0 Å². The first kappa shape index (κ1) is 24.3. The molecule has 0 aliphatic carbocycles. The molecule has 0 fully saturated rings. The Morgan fingerprint density at radius 3 is 2.67 bits per heavy atom. The molecule has 0 spiro atoms. The molecule has 1 heterocycles. The van der Waals surface area contributed by atoms with Gasteiger partial charge in [-0.15, -0.1) is 0 Å². The van der Waals surface area contributed by atoms with Gasteiger partial charge in [-0.1, -0.05) is 31.5 Å². The average Bonchev–Trinajstić information content (AvgIpc) is 2.80. The number of hydrogen-bond acceptors (Lipinski definition) is 7. The number of rotatable bonds is 7. The molecule has 3 rings (SSSR count). The Balaban J connectivity index is 1.80. The van der Waals surface area contributed by atoms with E-state index in [2.05, 4.69) is 0 Å². The van der Waals surface area contributed by atoms with Crippen molar-refractivity contribution in [2.75, 3.05) is 20.3 Å². The number of esters is 1. The van der Waals surface area contributed by atoms with Crippen molar-refractivity contribution in [3.8, 4) is 5.75 Å². The van der Waals surface area contributed by atoms with E-state index in [-0.39, 0.29) is 31.4 Å². The summed E-state index contributed by atoms with van der Waals surface area (Å²) in [5, 5.41) is 11.4. The molecular formula is C23H25ClN2O7. The van der Waals surface area contributed by atoms with Gasteiger partial charge in [-0.25, -0.2) is 9.59 Å². The quantitative estimate of drug-likeness (QED) is 0.324. The van der Waals surface area contributed by atoms with Gasteiger partial charge in [0.2, 0.25) is 0 Å². The average molecular weight is 477 g/mol. The lowest BCUT2D eigenvalue weighted by Crippen LogP contribution is -2.44. The minimum absolute atomic E-state index is 0.0351. The van der Waals surface area contributed by atoms with E-state index in [1.165, 1.54) is 30.2 Å². The summed E-state index contributed by atoms with van der Waals surface area (Å²) in [6.45, 7) is 4.43. The highest BCUT2D eigenvalue weighted by atomic mass is 35.5. The molecule has 1 aliphatic heterocycles. The third kappa shape index (κ3) is 5.73. The molecule has 0 saturated carbocycles. The second-order valence-electron chi connectivity index (χ2n) is 8.02. The second kappa shape index (κ2) is 10.5. The number of ether oxygens (including phenoxy) is 3. The van der Waals surface area contributed by atoms with Gasteiger partial charge in [0.25, 0.3) is 5.69 Å². The molecule has 0 saturated heterocycles. The van der Waals surface area contributed by atoms with Gasteiger partial charge in [-0.05, 0) is 41.7 Å². The fraction of sp³-hybridized carbons (Fsp3) is 0.391. The number of hydrogen-bond donors (Lipinski definition) is 0. The van der Waals surface area contributed by atoms with Gasteiger partial charge in [-0.2, -0.15) is 0 Å². The van der Waals surface area contributed by atoms with Crippen LogP contribution in [0.1, 0.15) is 36.6 Å². The summed E-state index contributed by atoms with van der Waals surface area (Å²) in [5.41, 5.74) is 1.88. The van der Waals surface area contributed by atoms with Gasteiger partial charge in [0.1, 0.15) is 12.4 Å². The van der Waals surface area contributed by atoms with Crippen molar-refractivity contribution < 1.29 is 28.7 Å². The Bertz CT molecular complexity index is 1060. The fourth-order valence-electron chi connectivity index (χ4n) is 3.52. The molecule has 2 aromatic carbocycles. The zero-order valence-corrected chi connectivity index (χ0v) is 19.3. The van der Waals surface area contributed by atoms with Crippen LogP contribution >= 0.6 is 11.6 Å². The predicted octanol–water partition coefficient (Wildman–Crippen LogP) is 4.69. The summed E-state index contributed by atoms with van der Waals surface area (Å²) in [5.74, 6) is 0.118. The van der Waals surface area contributed by atoms with Gasteiger partial charge < -0.3 is 14.2 Å². The number of carbonyl (C=O) groups is 2. The summed E-state index contributed by atoms with van der Waals surface area (Å²) in [6.07, 6.45) is -0.0700. The molecule has 0 bridgehead atoms. The number of amides is 1. The van der Waals surface area contributed by atoms with Crippen LogP contribution in [0.3, 0.4) is 0 Å². The minimum Gasteiger partial charge on any atom is -0.489 e. The topological polar surface area (TPSA) is 108 Å². The van der Waals surface area contributed by atoms with E-state index in [4.69, 9.17) is 25.8 Å². The van der Waals surface area contributed by atoms with Gasteiger partial charge in [0, 0.05) is 29.3 Å². The summed E-state index contributed by atoms with van der Waals surface area (Å²) in [6, 6.07) is 8.40. The standard InChI is InChI=1S/C23H25ClN2O7/c1-14(2)12-33-23(28)25-9-8-15-11-18(5-6-19(15)21(25)22(27)31-3)32-13-16-10-17(26(29)30)4-7-20(16)24/h4-7,10-11,14,21H,8-9,12-13H2,1-3H3. The van der Waals surface area contributed by atoms with Crippen LogP contribution in [0.25, 0.3) is 0 Å². The number of fused-ring (bicyclic) bond motifs is 1. The molecule has 1 aliphatic rings. The Kier molecular flexibility index (Phi) is 7.75. The highest BCUT2D eigenvalue weighted by Crippen LogP contribution is 2.34. The Morgan fingerprint density at radius 1 is 1.24 bits per heavy atom. The van der Waals surface area contributed by atoms with E-state index in [9.17, 15) is 19.7 Å². The fourth-order valence-corrected chi connectivity index (χ4v) is 3.69. The van der Waals surface area contributed by atoms with Crippen molar-refractivity contribution in [2.24, 2.45) is 5.92 Å². The van der Waals surface area contributed by atoms with E-state index in [1.807, 2.05) is 13.8 Å². The van der Waals surface area contributed by atoms with Crippen LogP contribution < -0.4 is 4.74 Å². The molecule has 1 amide bonds. The molecule has 0 radical (unpaired) electrons. The van der Waals surface area contributed by atoms with E-state index >= 15 is 0 Å². The lowest BCUT2D eigenvalue weighted by Gasteiger charge is -2.35. The van der Waals surface area contributed by atoms with Crippen LogP contribution in [0.15, 0.2) is 36.4 Å². The van der Waals surface area contributed by atoms with Gasteiger partial charge in [0.05, 0.1) is 18.6 Å². The summed E-state index contributed by atoms with van der Waals surface area (Å²) in [4.78, 5) is 37.0. The molecule has 1 atom stereocenters. The van der Waals surface area contributed by atoms with Crippen LogP contribution in [0.4, 0.5) is 10.5 Å². The van der Waals surface area contributed by atoms with E-state index in [0.29, 0.717) is 28.3 Å². The number of nitrogens with zero attached hydrogens (tertiary/aromatic N) is 2. The van der Waals surface area contributed by atoms with E-state index in [1.54, 1.807) is 18.2 Å². The zero-order valence-electron chi connectivity index (χ0n) is 18.6. The van der Waals surface area contributed by atoms with Crippen LogP contribution in [0.2, 0.25) is 5.02 Å². The third-order valence-corrected chi connectivity index (χ3v) is 5.55. The SMILES string of the molecule is COC(=O)C1c2ccc(OCc3cc([N+](=O)[O-])ccc3Cl)cc2CCN1C(=O)OCC(C)C. The van der Waals surface area contributed by atoms with Crippen molar-refractivity contribution >= 4 is 29.4 Å². The lowest BCUT2D eigenvalue weighted by atomic mass is 9.92. The molecule has 33 heavy (non-hydrogen) atoms. The first-order valence-electron chi connectivity index (χ1n) is 10.4. The Morgan fingerprint density at radius 2 is 2.00 bits per heavy atom. The Hall–Kier alpha value is -3.33. The first-order valence-corrected chi connectivity index (χ1v) is 10.8. The minimum atomic E-state index is -0.918. The van der Waals surface area contributed by atoms with Crippen molar-refractivity contribution in [1.29, 1.82) is 0 Å². The van der Waals surface area contributed by atoms with Crippen molar-refractivity contribution in [1.82, 2.24) is 4.90 Å². The molecule has 2 aromatic rings. The number of nitro benzene ring substituents is 1. The molecule has 1 unspecified atom stereocenters. The third-order valence-electron chi connectivity index (χ3n) is 5.18. The number of non-ortho nitro benzene ring substituents is 1.